The smallest absolute Gasteiger partial charge is 0.403 e. The lowest BCUT2D eigenvalue weighted by Gasteiger charge is -2.46. The summed E-state index contributed by atoms with van der Waals surface area (Å²) in [7, 11) is 3.71. The van der Waals surface area contributed by atoms with Gasteiger partial charge in [-0.05, 0) is 73.3 Å². The van der Waals surface area contributed by atoms with Crippen molar-refractivity contribution in [3.63, 3.8) is 0 Å². The summed E-state index contributed by atoms with van der Waals surface area (Å²) >= 11 is 0. The van der Waals surface area contributed by atoms with E-state index in [0.29, 0.717) is 13.0 Å². The lowest BCUT2D eigenvalue weighted by Crippen LogP contribution is -2.65. The van der Waals surface area contributed by atoms with Crippen LogP contribution in [-0.2, 0) is 18.9 Å². The maximum atomic E-state index is 12.5. The monoisotopic (exact) mass is 395 g/mol. The molecule has 2 aliphatic rings. The number of nitrogens with two attached hydrogens (primary N) is 1. The predicted molar refractivity (Wildman–Crippen MR) is 111 cm³/mol. The topological polar surface area (TPSA) is 93.9 Å². The molecule has 0 aromatic heterocycles. The van der Waals surface area contributed by atoms with Gasteiger partial charge in [-0.25, -0.2) is 0 Å². The molecule has 1 aliphatic heterocycles. The molecule has 0 unspecified atom stereocenters. The van der Waals surface area contributed by atoms with Gasteiger partial charge in [-0.1, -0.05) is 6.42 Å². The molecule has 7 nitrogen and oxygen atoms in total. The molecule has 0 radical (unpaired) electrons. The average molecular weight is 395 g/mol. The number of amides is 2. The van der Waals surface area contributed by atoms with Crippen LogP contribution in [0.2, 0.25) is 6.32 Å². The Morgan fingerprint density at radius 2 is 1.71 bits per heavy atom. The highest BCUT2D eigenvalue weighted by Gasteiger charge is 2.52. The standard InChI is InChI=1S/C20H38BN3O4/c1-14(25)23-20(17(22)26)12-15(8-9-16(20)13-24(6)7)10-11-21-27-18(2,3)19(4,5)28-21/h15-16H,8-13H2,1-7H3,(H2,22,26)(H,23,25)/t15-,16-,20+/m0/s1. The Bertz CT molecular complexity index is 580. The van der Waals surface area contributed by atoms with Crippen LogP contribution in [0, 0.1) is 11.8 Å². The summed E-state index contributed by atoms with van der Waals surface area (Å²) in [6, 6.07) is 0. The van der Waals surface area contributed by atoms with Gasteiger partial charge in [0.05, 0.1) is 11.2 Å². The highest BCUT2D eigenvalue weighted by molar-refractivity contribution is 6.45. The summed E-state index contributed by atoms with van der Waals surface area (Å²) in [6.07, 6.45) is 4.08. The minimum absolute atomic E-state index is 0.0111. The molecule has 2 fully saturated rings. The van der Waals surface area contributed by atoms with Crippen LogP contribution in [0.3, 0.4) is 0 Å². The average Bonchev–Trinajstić information content (AvgIpc) is 2.73. The quantitative estimate of drug-likeness (QED) is 0.642. The number of rotatable bonds is 7. The van der Waals surface area contributed by atoms with Crippen molar-refractivity contribution in [3.8, 4) is 0 Å². The Hall–Kier alpha value is -1.12. The molecule has 0 bridgehead atoms. The molecule has 2 rings (SSSR count). The van der Waals surface area contributed by atoms with Crippen LogP contribution in [-0.4, -0.2) is 61.2 Å². The van der Waals surface area contributed by atoms with E-state index in [1.807, 2.05) is 41.8 Å². The second-order valence-electron chi connectivity index (χ2n) is 9.89. The molecule has 160 valence electrons. The van der Waals surface area contributed by atoms with Gasteiger partial charge in [0, 0.05) is 19.4 Å². The highest BCUT2D eigenvalue weighted by Crippen LogP contribution is 2.42. The molecule has 8 heteroatoms. The van der Waals surface area contributed by atoms with Crippen molar-refractivity contribution in [3.05, 3.63) is 0 Å². The zero-order chi connectivity index (χ0) is 21.3. The highest BCUT2D eigenvalue weighted by atomic mass is 16.7. The zero-order valence-electron chi connectivity index (χ0n) is 18.6. The minimum Gasteiger partial charge on any atom is -0.403 e. The first-order chi connectivity index (χ1) is 12.8. The number of carbonyl (C=O) groups is 2. The van der Waals surface area contributed by atoms with Gasteiger partial charge in [0.15, 0.2) is 0 Å². The summed E-state index contributed by atoms with van der Waals surface area (Å²) in [4.78, 5) is 26.5. The Morgan fingerprint density at radius 3 is 2.18 bits per heavy atom. The fourth-order valence-electron chi connectivity index (χ4n) is 4.63. The number of primary amides is 1. The maximum Gasteiger partial charge on any atom is 0.457 e. The molecular formula is C20H38BN3O4. The van der Waals surface area contributed by atoms with Gasteiger partial charge in [0.25, 0.3) is 0 Å². The fraction of sp³-hybridized carbons (Fsp3) is 0.900. The summed E-state index contributed by atoms with van der Waals surface area (Å²) in [6.45, 7) is 10.4. The second kappa shape index (κ2) is 8.32. The molecule has 3 atom stereocenters. The lowest BCUT2D eigenvalue weighted by atomic mass is 9.65. The largest absolute Gasteiger partial charge is 0.457 e. The van der Waals surface area contributed by atoms with Gasteiger partial charge >= 0.3 is 7.12 Å². The first kappa shape index (κ1) is 23.2. The van der Waals surface area contributed by atoms with Crippen molar-refractivity contribution in [1.82, 2.24) is 10.2 Å². The van der Waals surface area contributed by atoms with Gasteiger partial charge in [-0.3, -0.25) is 9.59 Å². The summed E-state index contributed by atoms with van der Waals surface area (Å²) in [5.41, 5.74) is 4.18. The van der Waals surface area contributed by atoms with Crippen molar-refractivity contribution in [2.45, 2.75) is 83.4 Å². The predicted octanol–water partition coefficient (Wildman–Crippen LogP) is 1.81. The molecule has 2 amide bonds. The lowest BCUT2D eigenvalue weighted by molar-refractivity contribution is -0.136. The molecule has 0 aromatic rings. The third kappa shape index (κ3) is 4.89. The third-order valence-electron chi connectivity index (χ3n) is 6.77. The summed E-state index contributed by atoms with van der Waals surface area (Å²) in [5, 5.41) is 2.93. The van der Waals surface area contributed by atoms with E-state index < -0.39 is 11.4 Å². The minimum atomic E-state index is -0.991. The SMILES string of the molecule is CC(=O)N[C@]1(C(N)=O)C[C@H](CCB2OC(C)(C)C(C)(C)O2)CC[C@H]1CN(C)C. The fourth-order valence-corrected chi connectivity index (χ4v) is 4.63. The van der Waals surface area contributed by atoms with E-state index in [9.17, 15) is 9.59 Å². The number of carbonyl (C=O) groups excluding carboxylic acids is 2. The number of nitrogens with one attached hydrogen (secondary N) is 1. The Labute approximate surface area is 170 Å². The van der Waals surface area contributed by atoms with E-state index in [0.717, 1.165) is 25.6 Å². The van der Waals surface area contributed by atoms with Crippen LogP contribution < -0.4 is 11.1 Å². The van der Waals surface area contributed by atoms with Crippen molar-refractivity contribution in [2.24, 2.45) is 17.6 Å². The van der Waals surface area contributed by atoms with E-state index >= 15 is 0 Å². The molecule has 1 heterocycles. The third-order valence-corrected chi connectivity index (χ3v) is 6.77. The molecule has 1 saturated heterocycles. The van der Waals surface area contributed by atoms with Gasteiger partial charge in [0.2, 0.25) is 11.8 Å². The van der Waals surface area contributed by atoms with Crippen LogP contribution in [0.5, 0.6) is 0 Å². The second-order valence-corrected chi connectivity index (χ2v) is 9.89. The number of nitrogens with zero attached hydrogens (tertiary/aromatic N) is 1. The van der Waals surface area contributed by atoms with E-state index in [1.54, 1.807) is 0 Å². The van der Waals surface area contributed by atoms with E-state index in [4.69, 9.17) is 15.0 Å². The molecule has 1 saturated carbocycles. The number of hydrogen-bond acceptors (Lipinski definition) is 5. The van der Waals surface area contributed by atoms with Crippen molar-refractivity contribution >= 4 is 18.9 Å². The zero-order valence-corrected chi connectivity index (χ0v) is 18.6. The normalized spacial score (nSPS) is 31.8. The van der Waals surface area contributed by atoms with Crippen LogP contribution >= 0.6 is 0 Å². The molecule has 1 aliphatic carbocycles. The van der Waals surface area contributed by atoms with Crippen molar-refractivity contribution < 1.29 is 18.9 Å². The van der Waals surface area contributed by atoms with Crippen LogP contribution in [0.1, 0.15) is 60.3 Å². The molecule has 0 spiro atoms. The van der Waals surface area contributed by atoms with Gasteiger partial charge < -0.3 is 25.3 Å². The first-order valence-corrected chi connectivity index (χ1v) is 10.4. The molecule has 0 aromatic carbocycles. The van der Waals surface area contributed by atoms with Crippen molar-refractivity contribution in [1.29, 1.82) is 0 Å². The van der Waals surface area contributed by atoms with Crippen molar-refractivity contribution in [2.75, 3.05) is 20.6 Å². The molecular weight excluding hydrogens is 357 g/mol. The maximum absolute atomic E-state index is 12.5. The van der Waals surface area contributed by atoms with Gasteiger partial charge in [0.1, 0.15) is 5.54 Å². The summed E-state index contributed by atoms with van der Waals surface area (Å²) < 4.78 is 12.2. The Kier molecular flexibility index (Phi) is 6.89. The van der Waals surface area contributed by atoms with Crippen LogP contribution in [0.15, 0.2) is 0 Å². The Balaban J connectivity index is 2.08. The van der Waals surface area contributed by atoms with Crippen LogP contribution in [0.4, 0.5) is 0 Å². The first-order valence-electron chi connectivity index (χ1n) is 10.4. The Morgan fingerprint density at radius 1 is 1.14 bits per heavy atom. The number of hydrogen-bond donors (Lipinski definition) is 2. The molecule has 3 N–H and O–H groups in total. The van der Waals surface area contributed by atoms with Crippen LogP contribution in [0.25, 0.3) is 0 Å². The van der Waals surface area contributed by atoms with Gasteiger partial charge in [-0.15, -0.1) is 0 Å². The summed E-state index contributed by atoms with van der Waals surface area (Å²) in [5.74, 6) is -0.349. The molecule has 28 heavy (non-hydrogen) atoms. The van der Waals surface area contributed by atoms with E-state index in [2.05, 4.69) is 10.2 Å². The van der Waals surface area contributed by atoms with E-state index in [1.165, 1.54) is 6.92 Å². The van der Waals surface area contributed by atoms with E-state index in [-0.39, 0.29) is 36.1 Å². The van der Waals surface area contributed by atoms with Gasteiger partial charge in [-0.2, -0.15) is 0 Å².